The van der Waals surface area contributed by atoms with E-state index in [-0.39, 0.29) is 0 Å². The summed E-state index contributed by atoms with van der Waals surface area (Å²) in [6.07, 6.45) is 7.55. The van der Waals surface area contributed by atoms with Crippen LogP contribution in [0.4, 0.5) is 0 Å². The first kappa shape index (κ1) is 8.75. The predicted octanol–water partition coefficient (Wildman–Crippen LogP) is 1.37. The van der Waals surface area contributed by atoms with E-state index in [1.54, 1.807) is 0 Å². The molecule has 0 bridgehead atoms. The Kier molecular flexibility index (Phi) is 2.64. The molecule has 0 radical (unpaired) electrons. The largest absolute Gasteiger partial charge is 0.332 e. The van der Waals surface area contributed by atoms with Gasteiger partial charge in [0.25, 0.3) is 0 Å². The van der Waals surface area contributed by atoms with E-state index in [9.17, 15) is 0 Å². The minimum atomic E-state index is 0.679. The van der Waals surface area contributed by atoms with Crippen LogP contribution in [0.3, 0.4) is 0 Å². The second kappa shape index (κ2) is 3.92. The Morgan fingerprint density at radius 3 is 3.00 bits per heavy atom. The smallest absolute Gasteiger partial charge is 0.108 e. The molecule has 0 saturated carbocycles. The van der Waals surface area contributed by atoms with E-state index >= 15 is 0 Å². The maximum Gasteiger partial charge on any atom is 0.108 e. The van der Waals surface area contributed by atoms with Crippen LogP contribution >= 0.6 is 0 Å². The zero-order chi connectivity index (χ0) is 9.10. The molecule has 1 aliphatic rings. The van der Waals surface area contributed by atoms with E-state index in [1.807, 2.05) is 6.20 Å². The van der Waals surface area contributed by atoms with Crippen LogP contribution in [-0.4, -0.2) is 22.6 Å². The lowest BCUT2D eigenvalue weighted by atomic mass is 10.1. The first-order chi connectivity index (χ1) is 6.42. The maximum atomic E-state index is 4.35. The van der Waals surface area contributed by atoms with Gasteiger partial charge in [-0.2, -0.15) is 0 Å². The van der Waals surface area contributed by atoms with Crippen LogP contribution in [0.15, 0.2) is 12.4 Å². The number of nitrogens with zero attached hydrogens (tertiary/aromatic N) is 2. The molecule has 1 saturated heterocycles. The van der Waals surface area contributed by atoms with E-state index in [4.69, 9.17) is 0 Å². The molecule has 3 heteroatoms. The monoisotopic (exact) mass is 179 g/mol. The first-order valence-electron chi connectivity index (χ1n) is 5.14. The average Bonchev–Trinajstić information content (AvgIpc) is 2.67. The summed E-state index contributed by atoms with van der Waals surface area (Å²) >= 11 is 0. The number of aryl methyl sites for hydroxylation is 1. The lowest BCUT2D eigenvalue weighted by molar-refractivity contribution is 0.360. The SMILES string of the molecule is CCc1nccn1C1CCNCC1. The molecule has 0 aliphatic carbocycles. The molecule has 0 aromatic carbocycles. The molecular weight excluding hydrogens is 162 g/mol. The number of rotatable bonds is 2. The quantitative estimate of drug-likeness (QED) is 0.743. The highest BCUT2D eigenvalue weighted by Crippen LogP contribution is 2.19. The van der Waals surface area contributed by atoms with Gasteiger partial charge in [0.05, 0.1) is 0 Å². The second-order valence-corrected chi connectivity index (χ2v) is 3.59. The van der Waals surface area contributed by atoms with Crippen molar-refractivity contribution in [3.63, 3.8) is 0 Å². The molecule has 0 atom stereocenters. The summed E-state index contributed by atoms with van der Waals surface area (Å²) in [5.74, 6) is 1.23. The zero-order valence-corrected chi connectivity index (χ0v) is 8.16. The molecule has 13 heavy (non-hydrogen) atoms. The Bertz CT molecular complexity index is 261. The third-order valence-corrected chi connectivity index (χ3v) is 2.77. The summed E-state index contributed by atoms with van der Waals surface area (Å²) in [4.78, 5) is 4.35. The summed E-state index contributed by atoms with van der Waals surface area (Å²) in [7, 11) is 0. The molecule has 0 amide bonds. The number of aromatic nitrogens is 2. The van der Waals surface area contributed by atoms with E-state index in [0.717, 1.165) is 19.5 Å². The summed E-state index contributed by atoms with van der Waals surface area (Å²) in [5, 5.41) is 3.38. The minimum absolute atomic E-state index is 0.679. The van der Waals surface area contributed by atoms with Crippen molar-refractivity contribution < 1.29 is 0 Å². The standard InChI is InChI=1S/C10H17N3/c1-2-10-12-7-8-13(10)9-3-5-11-6-4-9/h7-9,11H,2-6H2,1H3. The Balaban J connectivity index is 2.13. The van der Waals surface area contributed by atoms with Gasteiger partial charge >= 0.3 is 0 Å². The van der Waals surface area contributed by atoms with Gasteiger partial charge in [0, 0.05) is 24.9 Å². The van der Waals surface area contributed by atoms with E-state index < -0.39 is 0 Å². The van der Waals surface area contributed by atoms with Crippen LogP contribution in [0, 0.1) is 0 Å². The molecule has 1 aliphatic heterocycles. The molecule has 72 valence electrons. The number of imidazole rings is 1. The highest BCUT2D eigenvalue weighted by molar-refractivity contribution is 4.95. The van der Waals surface area contributed by atoms with E-state index in [2.05, 4.69) is 28.0 Å². The number of nitrogens with one attached hydrogen (secondary N) is 1. The molecule has 2 heterocycles. The summed E-state index contributed by atoms with van der Waals surface area (Å²) in [6.45, 7) is 4.46. The van der Waals surface area contributed by atoms with Crippen LogP contribution in [-0.2, 0) is 6.42 Å². The van der Waals surface area contributed by atoms with Crippen LogP contribution in [0.25, 0.3) is 0 Å². The molecule has 3 nitrogen and oxygen atoms in total. The van der Waals surface area contributed by atoms with Crippen molar-refractivity contribution in [2.75, 3.05) is 13.1 Å². The fourth-order valence-electron chi connectivity index (χ4n) is 2.04. The van der Waals surface area contributed by atoms with Crippen molar-refractivity contribution in [1.82, 2.24) is 14.9 Å². The number of hydrogen-bond donors (Lipinski definition) is 1. The fourth-order valence-corrected chi connectivity index (χ4v) is 2.04. The molecule has 1 aromatic heterocycles. The third kappa shape index (κ3) is 1.75. The van der Waals surface area contributed by atoms with Gasteiger partial charge in [0.15, 0.2) is 0 Å². The van der Waals surface area contributed by atoms with Gasteiger partial charge in [-0.3, -0.25) is 0 Å². The minimum Gasteiger partial charge on any atom is -0.332 e. The first-order valence-corrected chi connectivity index (χ1v) is 5.14. The van der Waals surface area contributed by atoms with Crippen molar-refractivity contribution in [2.45, 2.75) is 32.2 Å². The Morgan fingerprint density at radius 2 is 2.31 bits per heavy atom. The van der Waals surface area contributed by atoms with Gasteiger partial charge in [-0.15, -0.1) is 0 Å². The Hall–Kier alpha value is -0.830. The lowest BCUT2D eigenvalue weighted by Crippen LogP contribution is -2.29. The average molecular weight is 179 g/mol. The summed E-state index contributed by atoms with van der Waals surface area (Å²) in [5.41, 5.74) is 0. The molecule has 1 aromatic rings. The lowest BCUT2D eigenvalue weighted by Gasteiger charge is -2.25. The van der Waals surface area contributed by atoms with Crippen molar-refractivity contribution in [3.05, 3.63) is 18.2 Å². The van der Waals surface area contributed by atoms with Gasteiger partial charge in [-0.05, 0) is 25.9 Å². The van der Waals surface area contributed by atoms with Crippen molar-refractivity contribution in [2.24, 2.45) is 0 Å². The van der Waals surface area contributed by atoms with Gasteiger partial charge in [0.1, 0.15) is 5.82 Å². The van der Waals surface area contributed by atoms with Crippen LogP contribution in [0.2, 0.25) is 0 Å². The van der Waals surface area contributed by atoms with Crippen molar-refractivity contribution in [1.29, 1.82) is 0 Å². The Labute approximate surface area is 79.2 Å². The molecule has 0 spiro atoms. The zero-order valence-electron chi connectivity index (χ0n) is 8.16. The van der Waals surface area contributed by atoms with E-state index in [0.29, 0.717) is 6.04 Å². The molecule has 1 N–H and O–H groups in total. The number of hydrogen-bond acceptors (Lipinski definition) is 2. The van der Waals surface area contributed by atoms with Crippen LogP contribution in [0.5, 0.6) is 0 Å². The van der Waals surface area contributed by atoms with Gasteiger partial charge in [-0.1, -0.05) is 6.92 Å². The van der Waals surface area contributed by atoms with Crippen molar-refractivity contribution in [3.8, 4) is 0 Å². The molecule has 0 unspecified atom stereocenters. The number of piperidine rings is 1. The fraction of sp³-hybridized carbons (Fsp3) is 0.700. The van der Waals surface area contributed by atoms with Crippen LogP contribution < -0.4 is 5.32 Å². The maximum absolute atomic E-state index is 4.35. The predicted molar refractivity (Wildman–Crippen MR) is 52.7 cm³/mol. The topological polar surface area (TPSA) is 29.9 Å². The Morgan fingerprint density at radius 1 is 1.54 bits per heavy atom. The third-order valence-electron chi connectivity index (χ3n) is 2.77. The molecule has 1 fully saturated rings. The molecular formula is C10H17N3. The van der Waals surface area contributed by atoms with Gasteiger partial charge < -0.3 is 9.88 Å². The van der Waals surface area contributed by atoms with Gasteiger partial charge in [-0.25, -0.2) is 4.98 Å². The highest BCUT2D eigenvalue weighted by atomic mass is 15.1. The second-order valence-electron chi connectivity index (χ2n) is 3.59. The summed E-state index contributed by atoms with van der Waals surface area (Å²) < 4.78 is 2.35. The van der Waals surface area contributed by atoms with Crippen molar-refractivity contribution >= 4 is 0 Å². The molecule has 2 rings (SSSR count). The van der Waals surface area contributed by atoms with Crippen LogP contribution in [0.1, 0.15) is 31.6 Å². The normalized spacial score (nSPS) is 19.2. The highest BCUT2D eigenvalue weighted by Gasteiger charge is 2.16. The van der Waals surface area contributed by atoms with Gasteiger partial charge in [0.2, 0.25) is 0 Å². The summed E-state index contributed by atoms with van der Waals surface area (Å²) in [6, 6.07) is 0.679. The van der Waals surface area contributed by atoms with E-state index in [1.165, 1.54) is 18.7 Å².